The molecular weight excluding hydrogens is 292 g/mol. The zero-order valence-electron chi connectivity index (χ0n) is 11.8. The van der Waals surface area contributed by atoms with Crippen LogP contribution in [0.2, 0.25) is 0 Å². The number of cyclic esters (lactones) is 1. The fraction of sp³-hybridized carbons (Fsp3) is 0.400. The number of aliphatic hydroxyl groups is 3. The summed E-state index contributed by atoms with van der Waals surface area (Å²) in [6, 6.07) is 9.25. The number of hydrogen-bond donors (Lipinski definition) is 3. The van der Waals surface area contributed by atoms with Crippen LogP contribution in [0.4, 0.5) is 0 Å². The minimum atomic E-state index is -1.34. The van der Waals surface area contributed by atoms with Gasteiger partial charge in [-0.1, -0.05) is 18.2 Å². The number of esters is 1. The molecule has 1 heterocycles. The number of rotatable bonds is 8. The number of carbonyl (C=O) groups excluding carboxylic acids is 1. The minimum absolute atomic E-state index is 0.161. The van der Waals surface area contributed by atoms with Gasteiger partial charge in [0.1, 0.15) is 11.9 Å². The molecule has 0 aromatic heterocycles. The lowest BCUT2D eigenvalue weighted by molar-refractivity contribution is -0.148. The first-order valence-corrected chi connectivity index (χ1v) is 6.87. The third-order valence-electron chi connectivity index (χ3n) is 3.01. The Balaban J connectivity index is 1.78. The van der Waals surface area contributed by atoms with E-state index < -0.39 is 30.5 Å². The lowest BCUT2D eigenvalue weighted by Gasteiger charge is -2.18. The molecule has 3 N–H and O–H groups in total. The van der Waals surface area contributed by atoms with Crippen LogP contribution >= 0.6 is 0 Å². The highest BCUT2D eigenvalue weighted by molar-refractivity contribution is 5.89. The molecule has 0 amide bonds. The predicted octanol–water partition coefficient (Wildman–Crippen LogP) is 0.520. The molecule has 0 saturated heterocycles. The lowest BCUT2D eigenvalue weighted by Crippen LogP contribution is -2.32. The molecule has 0 spiro atoms. The van der Waals surface area contributed by atoms with Gasteiger partial charge in [0, 0.05) is 6.42 Å². The van der Waals surface area contributed by atoms with Gasteiger partial charge in [-0.3, -0.25) is 0 Å². The molecule has 22 heavy (non-hydrogen) atoms. The Morgan fingerprint density at radius 2 is 1.86 bits per heavy atom. The Hall–Kier alpha value is -2.25. The molecular formula is C15H18O7. The fourth-order valence-corrected chi connectivity index (χ4v) is 1.91. The number of carbonyl (C=O) groups is 1. The third-order valence-corrected chi connectivity index (χ3v) is 3.01. The second-order valence-corrected chi connectivity index (χ2v) is 4.65. The number of aliphatic hydroxyl groups excluding tert-OH is 3. The number of ether oxygens (including phenoxy) is 3. The van der Waals surface area contributed by atoms with E-state index in [1.54, 1.807) is 0 Å². The van der Waals surface area contributed by atoms with Crippen LogP contribution in [0.15, 0.2) is 41.9 Å². The SMILES string of the molecule is O=C1O[C@H]([C@@H](O)CO)C(OCCCOc2ccccc2)=C1O. The third kappa shape index (κ3) is 3.90. The highest BCUT2D eigenvalue weighted by Crippen LogP contribution is 2.24. The molecule has 120 valence electrons. The summed E-state index contributed by atoms with van der Waals surface area (Å²) in [5.74, 6) is -1.08. The first-order chi connectivity index (χ1) is 10.6. The summed E-state index contributed by atoms with van der Waals surface area (Å²) in [4.78, 5) is 11.3. The van der Waals surface area contributed by atoms with Crippen LogP contribution in [0.5, 0.6) is 5.75 Å². The van der Waals surface area contributed by atoms with Gasteiger partial charge in [-0.25, -0.2) is 4.79 Å². The van der Waals surface area contributed by atoms with Crippen LogP contribution in [0, 0.1) is 0 Å². The highest BCUT2D eigenvalue weighted by atomic mass is 16.6. The van der Waals surface area contributed by atoms with Crippen molar-refractivity contribution in [1.82, 2.24) is 0 Å². The van der Waals surface area contributed by atoms with Crippen molar-refractivity contribution in [3.63, 3.8) is 0 Å². The number of hydrogen-bond acceptors (Lipinski definition) is 7. The molecule has 1 aromatic rings. The van der Waals surface area contributed by atoms with Gasteiger partial charge < -0.3 is 29.5 Å². The predicted molar refractivity (Wildman–Crippen MR) is 75.1 cm³/mol. The summed E-state index contributed by atoms with van der Waals surface area (Å²) in [6.07, 6.45) is -2.03. The van der Waals surface area contributed by atoms with Crippen molar-refractivity contribution < 1.29 is 34.3 Å². The second kappa shape index (κ2) is 7.67. The molecule has 0 fully saturated rings. The Labute approximate surface area is 127 Å². The van der Waals surface area contributed by atoms with E-state index in [0.717, 1.165) is 5.75 Å². The van der Waals surface area contributed by atoms with Crippen LogP contribution in [-0.4, -0.2) is 53.3 Å². The van der Waals surface area contributed by atoms with E-state index in [4.69, 9.17) is 19.3 Å². The van der Waals surface area contributed by atoms with Crippen LogP contribution in [-0.2, 0) is 14.3 Å². The number of para-hydroxylation sites is 1. The van der Waals surface area contributed by atoms with E-state index in [2.05, 4.69) is 0 Å². The smallest absolute Gasteiger partial charge is 0.378 e. The Kier molecular flexibility index (Phi) is 5.62. The molecule has 0 radical (unpaired) electrons. The average molecular weight is 310 g/mol. The van der Waals surface area contributed by atoms with Crippen molar-refractivity contribution in [3.8, 4) is 5.75 Å². The van der Waals surface area contributed by atoms with E-state index in [9.17, 15) is 15.0 Å². The van der Waals surface area contributed by atoms with E-state index in [0.29, 0.717) is 13.0 Å². The molecule has 0 bridgehead atoms. The normalized spacial score (nSPS) is 19.0. The van der Waals surface area contributed by atoms with Crippen molar-refractivity contribution in [2.75, 3.05) is 19.8 Å². The summed E-state index contributed by atoms with van der Waals surface area (Å²) < 4.78 is 15.5. The standard InChI is InChI=1S/C15H18O7/c16-9-11(17)13-14(12(18)15(19)22-13)21-8-4-7-20-10-5-2-1-3-6-10/h1-3,5-6,11,13,16-18H,4,7-9H2/t11-,13+/m0/s1. The molecule has 2 rings (SSSR count). The molecule has 1 aliphatic rings. The Bertz CT molecular complexity index is 526. The van der Waals surface area contributed by atoms with Crippen LogP contribution in [0.1, 0.15) is 6.42 Å². The maximum Gasteiger partial charge on any atom is 0.378 e. The van der Waals surface area contributed by atoms with Crippen molar-refractivity contribution in [1.29, 1.82) is 0 Å². The number of benzene rings is 1. The van der Waals surface area contributed by atoms with Gasteiger partial charge in [-0.05, 0) is 12.1 Å². The average Bonchev–Trinajstić information content (AvgIpc) is 2.83. The summed E-state index contributed by atoms with van der Waals surface area (Å²) >= 11 is 0. The Morgan fingerprint density at radius 1 is 1.18 bits per heavy atom. The van der Waals surface area contributed by atoms with Gasteiger partial charge in [-0.15, -0.1) is 0 Å². The van der Waals surface area contributed by atoms with Gasteiger partial charge in [0.05, 0.1) is 19.8 Å². The van der Waals surface area contributed by atoms with Gasteiger partial charge in [-0.2, -0.15) is 0 Å². The summed E-state index contributed by atoms with van der Waals surface area (Å²) in [6.45, 7) is -0.0627. The lowest BCUT2D eigenvalue weighted by atomic mass is 10.2. The molecule has 0 unspecified atom stereocenters. The monoisotopic (exact) mass is 310 g/mol. The second-order valence-electron chi connectivity index (χ2n) is 4.65. The van der Waals surface area contributed by atoms with Crippen molar-refractivity contribution in [2.24, 2.45) is 0 Å². The van der Waals surface area contributed by atoms with Crippen LogP contribution in [0.25, 0.3) is 0 Å². The molecule has 1 aromatic carbocycles. The largest absolute Gasteiger partial charge is 0.499 e. The zero-order chi connectivity index (χ0) is 15.9. The quantitative estimate of drug-likeness (QED) is 0.475. The maximum atomic E-state index is 11.3. The topological polar surface area (TPSA) is 105 Å². The first kappa shape index (κ1) is 16.1. The van der Waals surface area contributed by atoms with E-state index in [-0.39, 0.29) is 12.4 Å². The van der Waals surface area contributed by atoms with Crippen molar-refractivity contribution in [2.45, 2.75) is 18.6 Å². The first-order valence-electron chi connectivity index (χ1n) is 6.87. The van der Waals surface area contributed by atoms with E-state index in [1.807, 2.05) is 30.3 Å². The molecule has 2 atom stereocenters. The molecule has 0 saturated carbocycles. The van der Waals surface area contributed by atoms with Gasteiger partial charge in [0.15, 0.2) is 11.9 Å². The van der Waals surface area contributed by atoms with E-state index >= 15 is 0 Å². The molecule has 7 heteroatoms. The van der Waals surface area contributed by atoms with Crippen molar-refractivity contribution in [3.05, 3.63) is 41.9 Å². The van der Waals surface area contributed by atoms with Crippen LogP contribution < -0.4 is 4.74 Å². The summed E-state index contributed by atoms with van der Waals surface area (Å²) in [5.41, 5.74) is 0. The Morgan fingerprint density at radius 3 is 2.55 bits per heavy atom. The molecule has 1 aliphatic heterocycles. The van der Waals surface area contributed by atoms with Gasteiger partial charge in [0.25, 0.3) is 0 Å². The minimum Gasteiger partial charge on any atom is -0.499 e. The maximum absolute atomic E-state index is 11.3. The van der Waals surface area contributed by atoms with E-state index in [1.165, 1.54) is 0 Å². The summed E-state index contributed by atoms with van der Waals surface area (Å²) in [7, 11) is 0. The highest BCUT2D eigenvalue weighted by Gasteiger charge is 2.40. The van der Waals surface area contributed by atoms with Crippen LogP contribution in [0.3, 0.4) is 0 Å². The van der Waals surface area contributed by atoms with Gasteiger partial charge in [0.2, 0.25) is 5.76 Å². The fourth-order valence-electron chi connectivity index (χ4n) is 1.91. The molecule has 7 nitrogen and oxygen atoms in total. The summed E-state index contributed by atoms with van der Waals surface area (Å²) in [5, 5.41) is 28.0. The van der Waals surface area contributed by atoms with Gasteiger partial charge >= 0.3 is 5.97 Å². The molecule has 0 aliphatic carbocycles. The zero-order valence-corrected chi connectivity index (χ0v) is 11.8. The van der Waals surface area contributed by atoms with Crippen molar-refractivity contribution >= 4 is 5.97 Å².